The van der Waals surface area contributed by atoms with Crippen molar-refractivity contribution in [1.82, 2.24) is 0 Å². The van der Waals surface area contributed by atoms with E-state index in [-0.39, 0.29) is 13.2 Å². The van der Waals surface area contributed by atoms with Crippen LogP contribution in [0, 0.1) is 0 Å². The molecule has 0 amide bonds. The molecule has 0 unspecified atom stereocenters. The van der Waals surface area contributed by atoms with Crippen LogP contribution in [0.4, 0.5) is 0 Å². The Kier molecular flexibility index (Phi) is 8.12. The Bertz CT molecular complexity index is 995. The average molecular weight is 509 g/mol. The van der Waals surface area contributed by atoms with Crippen molar-refractivity contribution in [3.8, 4) is 0 Å². The molecule has 2 heterocycles. The minimum Gasteiger partial charge on any atom is -0.374 e. The third-order valence-corrected chi connectivity index (χ3v) is 8.41. The number of hydrogen-bond donors (Lipinski definition) is 1. The van der Waals surface area contributed by atoms with Crippen LogP contribution >= 0.6 is 7.60 Å². The second-order valence-corrected chi connectivity index (χ2v) is 11.5. The van der Waals surface area contributed by atoms with Gasteiger partial charge >= 0.3 is 7.60 Å². The number of benzene rings is 2. The smallest absolute Gasteiger partial charge is 0.366 e. The molecule has 2 aliphatic heterocycles. The first-order chi connectivity index (χ1) is 16.7. The van der Waals surface area contributed by atoms with Crippen LogP contribution in [0.15, 0.2) is 60.7 Å². The van der Waals surface area contributed by atoms with E-state index in [1.807, 2.05) is 60.7 Å². The fourth-order valence-corrected chi connectivity index (χ4v) is 5.95. The summed E-state index contributed by atoms with van der Waals surface area (Å²) in [5.74, 6) is -0.914. The van der Waals surface area contributed by atoms with E-state index in [0.717, 1.165) is 11.1 Å². The van der Waals surface area contributed by atoms with Gasteiger partial charge in [0.15, 0.2) is 12.1 Å². The van der Waals surface area contributed by atoms with Crippen LogP contribution in [0.5, 0.6) is 0 Å². The van der Waals surface area contributed by atoms with Crippen LogP contribution in [0.1, 0.15) is 25.0 Å². The van der Waals surface area contributed by atoms with Gasteiger partial charge in [0, 0.05) is 14.2 Å². The molecule has 1 N–H and O–H groups in total. The maximum atomic E-state index is 13.7. The van der Waals surface area contributed by atoms with Gasteiger partial charge in [0.2, 0.25) is 5.34 Å². The predicted molar refractivity (Wildman–Crippen MR) is 126 cm³/mol. The van der Waals surface area contributed by atoms with Gasteiger partial charge in [-0.3, -0.25) is 4.57 Å². The minimum atomic E-state index is -4.16. The van der Waals surface area contributed by atoms with Crippen molar-refractivity contribution < 1.29 is 42.4 Å². The summed E-state index contributed by atoms with van der Waals surface area (Å²) in [6, 6.07) is 19.0. The number of rotatable bonds is 11. The highest BCUT2D eigenvalue weighted by molar-refractivity contribution is 7.55. The van der Waals surface area contributed by atoms with E-state index in [1.54, 1.807) is 13.8 Å². The van der Waals surface area contributed by atoms with Crippen LogP contribution in [-0.2, 0) is 50.5 Å². The van der Waals surface area contributed by atoms with Gasteiger partial charge in [-0.25, -0.2) is 0 Å². The molecule has 0 aromatic heterocycles. The summed E-state index contributed by atoms with van der Waals surface area (Å²) >= 11 is 0. The number of ether oxygens (including phenoxy) is 5. The van der Waals surface area contributed by atoms with Gasteiger partial charge in [-0.15, -0.1) is 0 Å². The highest BCUT2D eigenvalue weighted by Crippen LogP contribution is 2.62. The largest absolute Gasteiger partial charge is 0.374 e. The van der Waals surface area contributed by atoms with Gasteiger partial charge in [0.05, 0.1) is 19.8 Å². The molecule has 9 nitrogen and oxygen atoms in total. The summed E-state index contributed by atoms with van der Waals surface area (Å²) in [5, 5.41) is 9.69. The molecular formula is C25H33O9P. The van der Waals surface area contributed by atoms with Crippen LogP contribution in [-0.4, -0.2) is 61.7 Å². The number of fused-ring (bicyclic) bond motifs is 1. The quantitative estimate of drug-likeness (QED) is 0.454. The Labute approximate surface area is 205 Å². The van der Waals surface area contributed by atoms with Crippen LogP contribution in [0.3, 0.4) is 0 Å². The van der Waals surface area contributed by atoms with Gasteiger partial charge in [-0.1, -0.05) is 60.7 Å². The first-order valence-corrected chi connectivity index (χ1v) is 13.0. The van der Waals surface area contributed by atoms with Crippen molar-refractivity contribution >= 4 is 7.60 Å². The van der Waals surface area contributed by atoms with Crippen molar-refractivity contribution in [3.05, 3.63) is 71.8 Å². The molecule has 0 spiro atoms. The van der Waals surface area contributed by atoms with E-state index >= 15 is 0 Å². The molecule has 0 aliphatic carbocycles. The summed E-state index contributed by atoms with van der Waals surface area (Å²) in [7, 11) is -1.75. The standard InChI is InChI=1S/C25H33O9P/c1-24(2)33-21-20(31-16-19-13-9-6-10-14-19)22(32-23(21)34-24)25(26,35(27,28-3)29-4)17-30-15-18-11-7-5-8-12-18/h5-14,20-23,26H,15-17H2,1-4H3/t20-,21+,22+,23-,25+/m1/s1. The average Bonchev–Trinajstić information content (AvgIpc) is 3.35. The molecule has 192 valence electrons. The monoisotopic (exact) mass is 508 g/mol. The maximum absolute atomic E-state index is 13.7. The first kappa shape index (κ1) is 26.4. The molecule has 2 aromatic rings. The third-order valence-electron chi connectivity index (χ3n) is 6.11. The summed E-state index contributed by atoms with van der Waals surface area (Å²) in [4.78, 5) is 0. The molecule has 5 atom stereocenters. The van der Waals surface area contributed by atoms with Crippen molar-refractivity contribution in [1.29, 1.82) is 0 Å². The summed E-state index contributed by atoms with van der Waals surface area (Å²) in [6.07, 6.45) is -3.58. The van der Waals surface area contributed by atoms with E-state index in [9.17, 15) is 9.67 Å². The highest BCUT2D eigenvalue weighted by Gasteiger charge is 2.67. The summed E-state index contributed by atoms with van der Waals surface area (Å²) in [6.45, 7) is 3.51. The maximum Gasteiger partial charge on any atom is 0.366 e. The van der Waals surface area contributed by atoms with E-state index in [4.69, 9.17) is 32.7 Å². The Hall–Kier alpha value is -1.65. The van der Waals surface area contributed by atoms with E-state index in [0.29, 0.717) is 0 Å². The van der Waals surface area contributed by atoms with Gasteiger partial charge in [0.25, 0.3) is 0 Å². The Morgan fingerprint density at radius 1 is 0.943 bits per heavy atom. The topological polar surface area (TPSA) is 102 Å². The van der Waals surface area contributed by atoms with Crippen LogP contribution in [0.25, 0.3) is 0 Å². The molecule has 0 bridgehead atoms. The van der Waals surface area contributed by atoms with Crippen molar-refractivity contribution in [2.75, 3.05) is 20.8 Å². The van der Waals surface area contributed by atoms with Gasteiger partial charge < -0.3 is 37.8 Å². The SMILES string of the molecule is COP(=O)(OC)[C@@](O)(COCc1ccccc1)[C@H]1O[C@@H]2OC(C)(C)O[C@H]2[C@H]1OCc1ccccc1. The lowest BCUT2D eigenvalue weighted by atomic mass is 10.0. The van der Waals surface area contributed by atoms with Gasteiger partial charge in [-0.05, 0) is 25.0 Å². The molecule has 10 heteroatoms. The molecule has 0 radical (unpaired) electrons. The number of hydrogen-bond acceptors (Lipinski definition) is 9. The summed E-state index contributed by atoms with van der Waals surface area (Å²) in [5.41, 5.74) is 1.80. The normalized spacial score (nSPS) is 27.5. The Balaban J connectivity index is 1.61. The van der Waals surface area contributed by atoms with Crippen molar-refractivity contribution in [3.63, 3.8) is 0 Å². The fourth-order valence-electron chi connectivity index (χ4n) is 4.40. The molecule has 4 rings (SSSR count). The zero-order chi connectivity index (χ0) is 25.1. The highest BCUT2D eigenvalue weighted by atomic mass is 31.2. The molecule has 35 heavy (non-hydrogen) atoms. The minimum absolute atomic E-state index is 0.172. The molecule has 0 saturated carbocycles. The lowest BCUT2D eigenvalue weighted by molar-refractivity contribution is -0.240. The Morgan fingerprint density at radius 2 is 1.51 bits per heavy atom. The lowest BCUT2D eigenvalue weighted by Crippen LogP contribution is -2.54. The van der Waals surface area contributed by atoms with Gasteiger partial charge in [0.1, 0.15) is 18.3 Å². The van der Waals surface area contributed by atoms with E-state index in [1.165, 1.54) is 14.2 Å². The molecule has 2 aromatic carbocycles. The van der Waals surface area contributed by atoms with E-state index < -0.39 is 49.9 Å². The molecule has 2 saturated heterocycles. The lowest BCUT2D eigenvalue weighted by Gasteiger charge is -2.39. The van der Waals surface area contributed by atoms with E-state index in [2.05, 4.69) is 0 Å². The predicted octanol–water partition coefficient (Wildman–Crippen LogP) is 3.84. The molecule has 2 aliphatic rings. The zero-order valence-electron chi connectivity index (χ0n) is 20.4. The number of aliphatic hydroxyl groups is 1. The Morgan fingerprint density at radius 3 is 2.09 bits per heavy atom. The third kappa shape index (κ3) is 5.54. The second-order valence-electron chi connectivity index (χ2n) is 9.01. The summed E-state index contributed by atoms with van der Waals surface area (Å²) < 4.78 is 54.2. The van der Waals surface area contributed by atoms with Crippen LogP contribution < -0.4 is 0 Å². The molecule has 2 fully saturated rings. The molecular weight excluding hydrogens is 475 g/mol. The van der Waals surface area contributed by atoms with Crippen LogP contribution in [0.2, 0.25) is 0 Å². The second kappa shape index (κ2) is 10.8. The fraction of sp³-hybridized carbons (Fsp3) is 0.520. The zero-order valence-corrected chi connectivity index (χ0v) is 21.3. The van der Waals surface area contributed by atoms with Crippen molar-refractivity contribution in [2.24, 2.45) is 0 Å². The van der Waals surface area contributed by atoms with Crippen molar-refractivity contribution in [2.45, 2.75) is 62.8 Å². The van der Waals surface area contributed by atoms with Gasteiger partial charge in [-0.2, -0.15) is 0 Å². The first-order valence-electron chi connectivity index (χ1n) is 11.4.